The summed E-state index contributed by atoms with van der Waals surface area (Å²) >= 11 is 1.66. The summed E-state index contributed by atoms with van der Waals surface area (Å²) in [5.74, 6) is 0.139. The molecule has 1 aromatic carbocycles. The van der Waals surface area contributed by atoms with Gasteiger partial charge in [0.15, 0.2) is 0 Å². The number of nitrogen functional groups attached to an aromatic ring is 1. The van der Waals surface area contributed by atoms with Gasteiger partial charge in [0.05, 0.1) is 24.1 Å². The van der Waals surface area contributed by atoms with Crippen LogP contribution in [0.15, 0.2) is 54.0 Å². The molecule has 0 fully saturated rings. The van der Waals surface area contributed by atoms with Crippen molar-refractivity contribution in [3.05, 3.63) is 59.6 Å². The average Bonchev–Trinajstić information content (AvgIpc) is 3.20. The highest BCUT2D eigenvalue weighted by Gasteiger charge is 2.17. The first-order valence-electron chi connectivity index (χ1n) is 9.25. The van der Waals surface area contributed by atoms with Crippen molar-refractivity contribution in [1.82, 2.24) is 4.98 Å². The van der Waals surface area contributed by atoms with E-state index in [1.54, 1.807) is 36.8 Å². The lowest BCUT2D eigenvalue weighted by atomic mass is 10.1. The van der Waals surface area contributed by atoms with E-state index in [0.29, 0.717) is 29.8 Å². The molecule has 0 saturated heterocycles. The lowest BCUT2D eigenvalue weighted by molar-refractivity contribution is 0.1000. The Hall–Kier alpha value is -2.63. The first kappa shape index (κ1) is 21.1. The fraction of sp³-hybridized carbons (Fsp3) is 0.238. The van der Waals surface area contributed by atoms with Gasteiger partial charge >= 0.3 is 0 Å². The van der Waals surface area contributed by atoms with Gasteiger partial charge in [0.1, 0.15) is 5.82 Å². The second-order valence-corrected chi connectivity index (χ2v) is 11.9. The van der Waals surface area contributed by atoms with E-state index in [-0.39, 0.29) is 0 Å². The maximum Gasteiger partial charge on any atom is 0.250 e. The number of rotatable bonds is 8. The van der Waals surface area contributed by atoms with Crippen LogP contribution in [0.1, 0.15) is 16.8 Å². The van der Waals surface area contributed by atoms with Crippen LogP contribution in [0.5, 0.6) is 0 Å². The Morgan fingerprint density at radius 3 is 2.59 bits per heavy atom. The van der Waals surface area contributed by atoms with Crippen molar-refractivity contribution in [2.45, 2.75) is 6.42 Å². The van der Waals surface area contributed by atoms with E-state index in [1.807, 2.05) is 34.5 Å². The standard InChI is InChI=1S/C21H25N4O2PS/c1-28(2,27)11-4-10-25(20-9-7-16(14-24-20)21(23)26)18-13-15(6-8-17(18)22)19-5-3-12-29-19/h3,5-9,12-14H,4,10-11,22H2,1-2H3,(H2,23,26). The van der Waals surface area contributed by atoms with Crippen LogP contribution < -0.4 is 16.4 Å². The molecule has 0 bridgehead atoms. The smallest absolute Gasteiger partial charge is 0.250 e. The SMILES string of the molecule is CP(C)(=O)CCCN(c1ccc(C(N)=O)cn1)c1cc(-c2cccs2)ccc1N. The van der Waals surface area contributed by atoms with Gasteiger partial charge in [-0.15, -0.1) is 11.3 Å². The lowest BCUT2D eigenvalue weighted by Crippen LogP contribution is -2.22. The van der Waals surface area contributed by atoms with Gasteiger partial charge in [0.25, 0.3) is 0 Å². The molecule has 8 heteroatoms. The van der Waals surface area contributed by atoms with E-state index in [2.05, 4.69) is 11.1 Å². The number of nitrogens with zero attached hydrogens (tertiary/aromatic N) is 2. The molecular formula is C21H25N4O2PS. The number of thiophene rings is 1. The van der Waals surface area contributed by atoms with E-state index in [0.717, 1.165) is 22.5 Å². The first-order chi connectivity index (χ1) is 13.7. The molecule has 0 spiro atoms. The molecule has 0 radical (unpaired) electrons. The van der Waals surface area contributed by atoms with Gasteiger partial charge in [-0.2, -0.15) is 0 Å². The van der Waals surface area contributed by atoms with Gasteiger partial charge in [-0.1, -0.05) is 12.1 Å². The minimum absolute atomic E-state index is 0.348. The van der Waals surface area contributed by atoms with Crippen molar-refractivity contribution in [3.63, 3.8) is 0 Å². The van der Waals surface area contributed by atoms with Crippen LogP contribution in [0.25, 0.3) is 10.4 Å². The maximum atomic E-state index is 12.2. The highest BCUT2D eigenvalue weighted by molar-refractivity contribution is 7.62. The molecule has 29 heavy (non-hydrogen) atoms. The Kier molecular flexibility index (Phi) is 6.40. The average molecular weight is 428 g/mol. The summed E-state index contributed by atoms with van der Waals surface area (Å²) < 4.78 is 12.2. The summed E-state index contributed by atoms with van der Waals surface area (Å²) in [7, 11) is -2.12. The highest BCUT2D eigenvalue weighted by Crippen LogP contribution is 2.38. The monoisotopic (exact) mass is 428 g/mol. The Bertz CT molecular complexity index is 1030. The molecule has 1 amide bonds. The molecule has 3 rings (SSSR count). The normalized spacial score (nSPS) is 11.4. The van der Waals surface area contributed by atoms with E-state index in [4.69, 9.17) is 11.5 Å². The minimum Gasteiger partial charge on any atom is -0.397 e. The number of carbonyl (C=O) groups excluding carboxylic acids is 1. The fourth-order valence-electron chi connectivity index (χ4n) is 3.03. The number of hydrogen-bond donors (Lipinski definition) is 2. The molecule has 0 unspecified atom stereocenters. The number of pyridine rings is 1. The number of amides is 1. The van der Waals surface area contributed by atoms with Crippen molar-refractivity contribution in [3.8, 4) is 10.4 Å². The third-order valence-corrected chi connectivity index (χ3v) is 6.83. The molecule has 0 aliphatic carbocycles. The largest absolute Gasteiger partial charge is 0.397 e. The molecule has 152 valence electrons. The zero-order valence-corrected chi connectivity index (χ0v) is 18.2. The van der Waals surface area contributed by atoms with Crippen LogP contribution in [0.3, 0.4) is 0 Å². The van der Waals surface area contributed by atoms with Crippen molar-refractivity contribution in [2.75, 3.05) is 36.7 Å². The highest BCUT2D eigenvalue weighted by atomic mass is 32.1. The zero-order chi connectivity index (χ0) is 21.0. The summed E-state index contributed by atoms with van der Waals surface area (Å²) in [4.78, 5) is 19.0. The number of aromatic nitrogens is 1. The molecule has 2 aromatic heterocycles. The van der Waals surface area contributed by atoms with Gasteiger partial charge < -0.3 is 20.9 Å². The Labute approximate surface area is 174 Å². The van der Waals surface area contributed by atoms with Crippen LogP contribution in [0.2, 0.25) is 0 Å². The number of anilines is 3. The van der Waals surface area contributed by atoms with E-state index < -0.39 is 13.0 Å². The minimum atomic E-state index is -2.12. The fourth-order valence-corrected chi connectivity index (χ4v) is 4.66. The predicted molar refractivity (Wildman–Crippen MR) is 123 cm³/mol. The molecule has 0 aliphatic heterocycles. The second-order valence-electron chi connectivity index (χ2n) is 7.32. The van der Waals surface area contributed by atoms with Crippen molar-refractivity contribution >= 4 is 41.6 Å². The Morgan fingerprint density at radius 1 is 1.21 bits per heavy atom. The topological polar surface area (TPSA) is 102 Å². The van der Waals surface area contributed by atoms with Crippen LogP contribution >= 0.6 is 18.5 Å². The summed E-state index contributed by atoms with van der Waals surface area (Å²) in [5.41, 5.74) is 14.5. The molecule has 0 atom stereocenters. The van der Waals surface area contributed by atoms with Gasteiger partial charge in [-0.25, -0.2) is 4.98 Å². The van der Waals surface area contributed by atoms with Gasteiger partial charge in [0.2, 0.25) is 5.91 Å². The van der Waals surface area contributed by atoms with Crippen LogP contribution in [-0.4, -0.2) is 36.9 Å². The summed E-state index contributed by atoms with van der Waals surface area (Å²) in [6.45, 7) is 4.19. The van der Waals surface area contributed by atoms with E-state index >= 15 is 0 Å². The summed E-state index contributed by atoms with van der Waals surface area (Å²) in [6.07, 6.45) is 2.83. The van der Waals surface area contributed by atoms with Crippen molar-refractivity contribution in [1.29, 1.82) is 0 Å². The molecular weight excluding hydrogens is 403 g/mol. The van der Waals surface area contributed by atoms with Crippen LogP contribution in [-0.2, 0) is 4.57 Å². The Balaban J connectivity index is 1.99. The molecule has 4 N–H and O–H groups in total. The summed E-state index contributed by atoms with van der Waals surface area (Å²) in [5, 5.41) is 2.03. The number of carbonyl (C=O) groups is 1. The predicted octanol–water partition coefficient (Wildman–Crippen LogP) is 4.64. The number of primary amides is 1. The molecule has 2 heterocycles. The van der Waals surface area contributed by atoms with Crippen LogP contribution in [0.4, 0.5) is 17.2 Å². The summed E-state index contributed by atoms with van der Waals surface area (Å²) in [6, 6.07) is 13.4. The Morgan fingerprint density at radius 2 is 2.00 bits per heavy atom. The number of benzene rings is 1. The number of hydrogen-bond acceptors (Lipinski definition) is 6. The van der Waals surface area contributed by atoms with Gasteiger partial charge in [-0.3, -0.25) is 4.79 Å². The molecule has 0 aliphatic rings. The van der Waals surface area contributed by atoms with Gasteiger partial charge in [0, 0.05) is 23.8 Å². The van der Waals surface area contributed by atoms with Gasteiger partial charge in [-0.05, 0) is 61.0 Å². The lowest BCUT2D eigenvalue weighted by Gasteiger charge is -2.26. The quantitative estimate of drug-likeness (QED) is 0.402. The zero-order valence-electron chi connectivity index (χ0n) is 16.5. The van der Waals surface area contributed by atoms with Crippen LogP contribution in [0, 0.1) is 0 Å². The maximum absolute atomic E-state index is 12.2. The molecule has 0 saturated carbocycles. The second kappa shape index (κ2) is 8.80. The van der Waals surface area contributed by atoms with E-state index in [1.165, 1.54) is 6.20 Å². The van der Waals surface area contributed by atoms with Crippen molar-refractivity contribution < 1.29 is 9.36 Å². The van der Waals surface area contributed by atoms with Crippen molar-refractivity contribution in [2.24, 2.45) is 5.73 Å². The van der Waals surface area contributed by atoms with E-state index in [9.17, 15) is 9.36 Å². The third kappa shape index (κ3) is 5.46. The third-order valence-electron chi connectivity index (χ3n) is 4.51. The first-order valence-corrected chi connectivity index (χ1v) is 12.9. The number of nitrogens with two attached hydrogens (primary N) is 2. The molecule has 3 aromatic rings. The molecule has 6 nitrogen and oxygen atoms in total.